The Balaban J connectivity index is 2.36. The van der Waals surface area contributed by atoms with E-state index in [-0.39, 0.29) is 11.7 Å². The summed E-state index contributed by atoms with van der Waals surface area (Å²) in [4.78, 5) is 13.1. The van der Waals surface area contributed by atoms with Crippen LogP contribution in [0.4, 0.5) is 4.39 Å². The first kappa shape index (κ1) is 19.9. The maximum atomic E-state index is 13.2. The number of hydrogen-bond donors (Lipinski definition) is 1. The van der Waals surface area contributed by atoms with Gasteiger partial charge in [-0.2, -0.15) is 5.26 Å². The minimum Gasteiger partial charge on any atom is -0.268 e. The summed E-state index contributed by atoms with van der Waals surface area (Å²) in [6.45, 7) is 7.42. The van der Waals surface area contributed by atoms with Gasteiger partial charge in [-0.25, -0.2) is 9.82 Å². The van der Waals surface area contributed by atoms with Crippen LogP contribution in [-0.2, 0) is 0 Å². The standard InChI is InChI=1S/C20H21ClFN3O/c1-13-9-15(11-16(21)10-13)19(26)25(20(2,3)4)24-18(12-23)14-5-7-17(22)8-6-14/h5-11,18,24H,1-4H3. The Morgan fingerprint density at radius 3 is 2.35 bits per heavy atom. The van der Waals surface area contributed by atoms with Crippen molar-refractivity contribution in [2.45, 2.75) is 39.3 Å². The largest absolute Gasteiger partial charge is 0.268 e. The molecule has 0 saturated carbocycles. The fourth-order valence-corrected chi connectivity index (χ4v) is 2.80. The van der Waals surface area contributed by atoms with E-state index in [1.54, 1.807) is 18.2 Å². The molecule has 0 aromatic heterocycles. The number of carbonyl (C=O) groups excluding carboxylic acids is 1. The van der Waals surface area contributed by atoms with Gasteiger partial charge >= 0.3 is 0 Å². The molecular weight excluding hydrogens is 353 g/mol. The van der Waals surface area contributed by atoms with Crippen molar-refractivity contribution < 1.29 is 9.18 Å². The molecule has 1 N–H and O–H groups in total. The Morgan fingerprint density at radius 2 is 1.85 bits per heavy atom. The van der Waals surface area contributed by atoms with Gasteiger partial charge in [-0.05, 0) is 69.2 Å². The summed E-state index contributed by atoms with van der Waals surface area (Å²) in [5.41, 5.74) is 4.22. The van der Waals surface area contributed by atoms with Crippen molar-refractivity contribution in [1.82, 2.24) is 10.4 Å². The molecule has 2 aromatic rings. The van der Waals surface area contributed by atoms with Crippen LogP contribution in [0.25, 0.3) is 0 Å². The molecule has 2 rings (SSSR count). The van der Waals surface area contributed by atoms with Gasteiger partial charge in [0, 0.05) is 10.6 Å². The Morgan fingerprint density at radius 1 is 1.23 bits per heavy atom. The van der Waals surface area contributed by atoms with E-state index < -0.39 is 11.6 Å². The quantitative estimate of drug-likeness (QED) is 0.783. The lowest BCUT2D eigenvalue weighted by Crippen LogP contribution is -2.54. The number of hydrogen-bond acceptors (Lipinski definition) is 3. The van der Waals surface area contributed by atoms with Crippen LogP contribution in [0.5, 0.6) is 0 Å². The first-order valence-electron chi connectivity index (χ1n) is 8.15. The Bertz CT molecular complexity index is 817. The molecule has 2 aromatic carbocycles. The number of nitriles is 1. The average molecular weight is 374 g/mol. The van der Waals surface area contributed by atoms with Crippen molar-refractivity contribution in [3.63, 3.8) is 0 Å². The summed E-state index contributed by atoms with van der Waals surface area (Å²) in [6.07, 6.45) is 0. The molecule has 0 aliphatic rings. The number of rotatable bonds is 4. The van der Waals surface area contributed by atoms with Gasteiger partial charge in [0.2, 0.25) is 0 Å². The molecular formula is C20H21ClFN3O. The van der Waals surface area contributed by atoms with Crippen molar-refractivity contribution in [2.75, 3.05) is 0 Å². The maximum Gasteiger partial charge on any atom is 0.268 e. The summed E-state index contributed by atoms with van der Waals surface area (Å²) in [6, 6.07) is 12.0. The van der Waals surface area contributed by atoms with Crippen LogP contribution in [0, 0.1) is 24.1 Å². The highest BCUT2D eigenvalue weighted by atomic mass is 35.5. The monoisotopic (exact) mass is 373 g/mol. The van der Waals surface area contributed by atoms with Crippen LogP contribution in [0.2, 0.25) is 5.02 Å². The van der Waals surface area contributed by atoms with Crippen molar-refractivity contribution >= 4 is 17.5 Å². The van der Waals surface area contributed by atoms with E-state index in [1.165, 1.54) is 29.3 Å². The number of nitrogens with one attached hydrogen (secondary N) is 1. The van der Waals surface area contributed by atoms with E-state index >= 15 is 0 Å². The number of nitrogens with zero attached hydrogens (tertiary/aromatic N) is 2. The summed E-state index contributed by atoms with van der Waals surface area (Å²) in [5, 5.41) is 11.4. The fourth-order valence-electron chi connectivity index (χ4n) is 2.51. The number of halogens is 2. The lowest BCUT2D eigenvalue weighted by molar-refractivity contribution is 0.0365. The van der Waals surface area contributed by atoms with Crippen molar-refractivity contribution in [3.05, 3.63) is 70.0 Å². The number of benzene rings is 2. The minimum atomic E-state index is -0.806. The molecule has 4 nitrogen and oxygen atoms in total. The highest BCUT2D eigenvalue weighted by Crippen LogP contribution is 2.22. The minimum absolute atomic E-state index is 0.300. The van der Waals surface area contributed by atoms with Crippen molar-refractivity contribution in [2.24, 2.45) is 0 Å². The highest BCUT2D eigenvalue weighted by molar-refractivity contribution is 6.31. The Kier molecular flexibility index (Phi) is 6.01. The molecule has 26 heavy (non-hydrogen) atoms. The molecule has 0 aliphatic heterocycles. The first-order valence-corrected chi connectivity index (χ1v) is 8.52. The normalized spacial score (nSPS) is 12.3. The molecule has 136 valence electrons. The second-order valence-corrected chi connectivity index (χ2v) is 7.51. The smallest absolute Gasteiger partial charge is 0.268 e. The predicted molar refractivity (Wildman–Crippen MR) is 100 cm³/mol. The van der Waals surface area contributed by atoms with Crippen LogP contribution in [0.15, 0.2) is 42.5 Å². The zero-order valence-corrected chi connectivity index (χ0v) is 15.9. The fraction of sp³-hybridized carbons (Fsp3) is 0.300. The topological polar surface area (TPSA) is 56.1 Å². The summed E-state index contributed by atoms with van der Waals surface area (Å²) in [7, 11) is 0. The van der Waals surface area contributed by atoms with Gasteiger partial charge in [-0.1, -0.05) is 23.7 Å². The molecule has 0 saturated heterocycles. The van der Waals surface area contributed by atoms with Gasteiger partial charge in [0.05, 0.1) is 11.6 Å². The van der Waals surface area contributed by atoms with E-state index in [0.29, 0.717) is 16.1 Å². The van der Waals surface area contributed by atoms with Gasteiger partial charge in [0.15, 0.2) is 0 Å². The average Bonchev–Trinajstić information content (AvgIpc) is 2.54. The molecule has 0 bridgehead atoms. The summed E-state index contributed by atoms with van der Waals surface area (Å²) < 4.78 is 13.2. The van der Waals surface area contributed by atoms with Gasteiger partial charge in [0.25, 0.3) is 5.91 Å². The SMILES string of the molecule is Cc1cc(Cl)cc(C(=O)N(NC(C#N)c2ccc(F)cc2)C(C)(C)C)c1. The zero-order chi connectivity index (χ0) is 19.5. The molecule has 0 spiro atoms. The predicted octanol–water partition coefficient (Wildman–Crippen LogP) is 4.80. The molecule has 0 radical (unpaired) electrons. The number of aryl methyl sites for hydroxylation is 1. The molecule has 1 atom stereocenters. The van der Waals surface area contributed by atoms with Crippen molar-refractivity contribution in [3.8, 4) is 6.07 Å². The van der Waals surface area contributed by atoms with Crippen molar-refractivity contribution in [1.29, 1.82) is 5.26 Å². The Labute approximate surface area is 158 Å². The second-order valence-electron chi connectivity index (χ2n) is 7.07. The lowest BCUT2D eigenvalue weighted by atomic mass is 10.0. The van der Waals surface area contributed by atoms with Crippen LogP contribution < -0.4 is 5.43 Å². The lowest BCUT2D eigenvalue weighted by Gasteiger charge is -2.37. The first-order chi connectivity index (χ1) is 12.1. The number of hydrazine groups is 1. The zero-order valence-electron chi connectivity index (χ0n) is 15.2. The molecule has 1 amide bonds. The second kappa shape index (κ2) is 7.86. The van der Waals surface area contributed by atoms with E-state index in [2.05, 4.69) is 11.5 Å². The van der Waals surface area contributed by atoms with Crippen LogP contribution in [0.1, 0.15) is 48.3 Å². The summed E-state index contributed by atoms with van der Waals surface area (Å²) >= 11 is 6.08. The number of carbonyl (C=O) groups is 1. The van der Waals surface area contributed by atoms with Crippen LogP contribution in [0.3, 0.4) is 0 Å². The van der Waals surface area contributed by atoms with Gasteiger partial charge in [-0.15, -0.1) is 0 Å². The van der Waals surface area contributed by atoms with E-state index in [9.17, 15) is 14.4 Å². The van der Waals surface area contributed by atoms with Gasteiger partial charge in [-0.3, -0.25) is 9.80 Å². The van der Waals surface area contributed by atoms with Gasteiger partial charge in [0.1, 0.15) is 11.9 Å². The molecule has 1 unspecified atom stereocenters. The van der Waals surface area contributed by atoms with Crippen LogP contribution >= 0.6 is 11.6 Å². The van der Waals surface area contributed by atoms with E-state index in [1.807, 2.05) is 27.7 Å². The molecule has 6 heteroatoms. The van der Waals surface area contributed by atoms with E-state index in [0.717, 1.165) is 5.56 Å². The third-order valence-electron chi connectivity index (χ3n) is 3.75. The molecule has 0 heterocycles. The molecule has 0 aliphatic carbocycles. The Hall–Kier alpha value is -2.42. The van der Waals surface area contributed by atoms with E-state index in [4.69, 9.17) is 11.6 Å². The van der Waals surface area contributed by atoms with Crippen LogP contribution in [-0.4, -0.2) is 16.5 Å². The maximum absolute atomic E-state index is 13.2. The third-order valence-corrected chi connectivity index (χ3v) is 3.97. The summed E-state index contributed by atoms with van der Waals surface area (Å²) in [5.74, 6) is -0.686. The molecule has 0 fully saturated rings. The van der Waals surface area contributed by atoms with Gasteiger partial charge < -0.3 is 0 Å². The highest BCUT2D eigenvalue weighted by Gasteiger charge is 2.30. The number of amides is 1. The third kappa shape index (κ3) is 4.81.